The van der Waals surface area contributed by atoms with Gasteiger partial charge in [-0.3, -0.25) is 0 Å². The Labute approximate surface area is 238 Å². The first-order chi connectivity index (χ1) is 16.7. The molecular formula is C26H27NaO7S2. The van der Waals surface area contributed by atoms with Crippen molar-refractivity contribution in [1.29, 1.82) is 0 Å². The zero-order chi connectivity index (χ0) is 25.3. The van der Waals surface area contributed by atoms with Crippen LogP contribution in [0.2, 0.25) is 0 Å². The van der Waals surface area contributed by atoms with Gasteiger partial charge >= 0.3 is 39.7 Å². The van der Waals surface area contributed by atoms with Crippen LogP contribution >= 0.6 is 11.8 Å². The summed E-state index contributed by atoms with van der Waals surface area (Å²) in [6.45, 7) is 0.431. The molecule has 0 fully saturated rings. The molecule has 1 N–H and O–H groups in total. The Morgan fingerprint density at radius 1 is 0.889 bits per heavy atom. The molecule has 186 valence electrons. The van der Waals surface area contributed by atoms with E-state index in [9.17, 15) is 23.4 Å². The Morgan fingerprint density at radius 2 is 1.42 bits per heavy atom. The number of phenolic OH excluding ortho intramolecular Hbond substituents is 1. The average molecular weight is 539 g/mol. The number of carboxylic acid groups (broad SMARTS) is 1. The van der Waals surface area contributed by atoms with Gasteiger partial charge in [0.1, 0.15) is 17.2 Å². The summed E-state index contributed by atoms with van der Waals surface area (Å²) in [5.74, 6) is 0.596. The second-order valence-electron chi connectivity index (χ2n) is 7.97. The SMILES string of the molecule is CS(=O)(=O)Oc1ccc(OCCc2ccc(C[C@H](SCCc3ccc(O)cc3)C(=O)[O-])cc2)cc1.[Na+]. The van der Waals surface area contributed by atoms with Crippen LogP contribution in [0.5, 0.6) is 17.2 Å². The number of carboxylic acids is 1. The topological polar surface area (TPSA) is 113 Å². The number of aliphatic carboxylic acids is 1. The molecule has 0 aromatic heterocycles. The van der Waals surface area contributed by atoms with Crippen molar-refractivity contribution in [3.8, 4) is 17.2 Å². The first-order valence-electron chi connectivity index (χ1n) is 11.0. The van der Waals surface area contributed by atoms with Crippen molar-refractivity contribution in [1.82, 2.24) is 0 Å². The van der Waals surface area contributed by atoms with Crippen molar-refractivity contribution < 1.29 is 61.9 Å². The first-order valence-corrected chi connectivity index (χ1v) is 13.8. The number of carbonyl (C=O) groups excluding carboxylic acids is 1. The van der Waals surface area contributed by atoms with E-state index in [1.807, 2.05) is 36.4 Å². The minimum atomic E-state index is -3.56. The van der Waals surface area contributed by atoms with Gasteiger partial charge < -0.3 is 23.9 Å². The summed E-state index contributed by atoms with van der Waals surface area (Å²) in [5, 5.41) is 20.3. The largest absolute Gasteiger partial charge is 1.00 e. The molecule has 0 aliphatic carbocycles. The van der Waals surface area contributed by atoms with E-state index in [1.54, 1.807) is 24.3 Å². The van der Waals surface area contributed by atoms with Crippen LogP contribution in [-0.2, 0) is 34.2 Å². The van der Waals surface area contributed by atoms with Crippen LogP contribution in [0.15, 0.2) is 72.8 Å². The van der Waals surface area contributed by atoms with Gasteiger partial charge in [-0.25, -0.2) is 0 Å². The van der Waals surface area contributed by atoms with Crippen LogP contribution < -0.4 is 43.6 Å². The van der Waals surface area contributed by atoms with Gasteiger partial charge in [-0.1, -0.05) is 36.4 Å². The van der Waals surface area contributed by atoms with Crippen LogP contribution in [0.4, 0.5) is 0 Å². The third kappa shape index (κ3) is 10.8. The number of hydrogen-bond acceptors (Lipinski definition) is 8. The molecule has 3 aromatic carbocycles. The fourth-order valence-corrected chi connectivity index (χ4v) is 4.85. The molecule has 0 saturated heterocycles. The smallest absolute Gasteiger partial charge is 0.549 e. The van der Waals surface area contributed by atoms with Crippen molar-refractivity contribution in [3.63, 3.8) is 0 Å². The molecule has 0 saturated carbocycles. The molecule has 3 rings (SSSR count). The summed E-state index contributed by atoms with van der Waals surface area (Å²) >= 11 is 1.36. The van der Waals surface area contributed by atoms with E-state index in [0.29, 0.717) is 37.4 Å². The zero-order valence-corrected chi connectivity index (χ0v) is 23.9. The molecular weight excluding hydrogens is 511 g/mol. The van der Waals surface area contributed by atoms with E-state index in [1.165, 1.54) is 23.9 Å². The summed E-state index contributed by atoms with van der Waals surface area (Å²) in [4.78, 5) is 11.6. The van der Waals surface area contributed by atoms with E-state index in [-0.39, 0.29) is 41.1 Å². The number of benzene rings is 3. The fourth-order valence-electron chi connectivity index (χ4n) is 3.30. The van der Waals surface area contributed by atoms with Gasteiger partial charge in [-0.15, -0.1) is 0 Å². The Bertz CT molecular complexity index is 1200. The summed E-state index contributed by atoms with van der Waals surface area (Å²) in [5.41, 5.74) is 3.01. The molecule has 7 nitrogen and oxygen atoms in total. The van der Waals surface area contributed by atoms with Gasteiger partial charge in [0.05, 0.1) is 18.8 Å². The molecule has 0 bridgehead atoms. The van der Waals surface area contributed by atoms with E-state index < -0.39 is 21.3 Å². The maximum Gasteiger partial charge on any atom is 1.00 e. The molecule has 1 atom stereocenters. The number of phenols is 1. The summed E-state index contributed by atoms with van der Waals surface area (Å²) in [6.07, 6.45) is 2.73. The monoisotopic (exact) mass is 538 g/mol. The molecule has 0 spiro atoms. The Balaban J connectivity index is 0.00000456. The third-order valence-corrected chi connectivity index (χ3v) is 6.78. The number of ether oxygens (including phenoxy) is 1. The quantitative estimate of drug-likeness (QED) is 0.239. The molecule has 0 radical (unpaired) electrons. The van der Waals surface area contributed by atoms with Gasteiger partial charge in [-0.2, -0.15) is 20.2 Å². The van der Waals surface area contributed by atoms with Crippen molar-refractivity contribution in [2.75, 3.05) is 18.6 Å². The van der Waals surface area contributed by atoms with Gasteiger partial charge in [0.2, 0.25) is 0 Å². The van der Waals surface area contributed by atoms with Crippen LogP contribution in [0.3, 0.4) is 0 Å². The fraction of sp³-hybridized carbons (Fsp3) is 0.269. The Kier molecular flexibility index (Phi) is 12.1. The molecule has 0 amide bonds. The van der Waals surface area contributed by atoms with Crippen LogP contribution in [0, 0.1) is 0 Å². The van der Waals surface area contributed by atoms with Crippen molar-refractivity contribution in [2.24, 2.45) is 0 Å². The molecule has 10 heteroatoms. The molecule has 0 aliphatic rings. The summed E-state index contributed by atoms with van der Waals surface area (Å²) in [7, 11) is -3.56. The number of hydrogen-bond donors (Lipinski definition) is 1. The standard InChI is InChI=1S/C26H28O7S2.Na/c1-35(30,31)33-24-12-10-23(11-13-24)32-16-14-19-2-4-21(5-3-19)18-25(26(28)29)34-17-15-20-6-8-22(27)9-7-20;/h2-13,25,27H,14-18H2,1H3,(H,28,29);/q;+1/p-1/t25-;/m0./s1. The van der Waals surface area contributed by atoms with Crippen molar-refractivity contribution in [3.05, 3.63) is 89.5 Å². The summed E-state index contributed by atoms with van der Waals surface area (Å²) in [6, 6.07) is 21.0. The van der Waals surface area contributed by atoms with Crippen LogP contribution in [0.1, 0.15) is 16.7 Å². The predicted molar refractivity (Wildman–Crippen MR) is 134 cm³/mol. The number of aromatic hydroxyl groups is 1. The van der Waals surface area contributed by atoms with Gasteiger partial charge in [0.15, 0.2) is 0 Å². The van der Waals surface area contributed by atoms with E-state index >= 15 is 0 Å². The van der Waals surface area contributed by atoms with E-state index in [2.05, 4.69) is 0 Å². The first kappa shape index (κ1) is 30.1. The van der Waals surface area contributed by atoms with Gasteiger partial charge in [0, 0.05) is 11.7 Å². The summed E-state index contributed by atoms with van der Waals surface area (Å²) < 4.78 is 32.8. The average Bonchev–Trinajstić information content (AvgIpc) is 2.81. The minimum absolute atomic E-state index is 0. The zero-order valence-electron chi connectivity index (χ0n) is 20.3. The predicted octanol–water partition coefficient (Wildman–Crippen LogP) is -0.00700. The molecule has 36 heavy (non-hydrogen) atoms. The Morgan fingerprint density at radius 3 is 2.00 bits per heavy atom. The van der Waals surface area contributed by atoms with E-state index in [4.69, 9.17) is 8.92 Å². The van der Waals surface area contributed by atoms with E-state index in [0.717, 1.165) is 22.9 Å². The third-order valence-electron chi connectivity index (χ3n) is 5.08. The maximum absolute atomic E-state index is 11.6. The second-order valence-corrected chi connectivity index (χ2v) is 10.9. The minimum Gasteiger partial charge on any atom is -0.549 e. The van der Waals surface area contributed by atoms with Crippen LogP contribution in [-0.4, -0.2) is 43.4 Å². The Hall–Kier alpha value is -2.17. The molecule has 0 unspecified atom stereocenters. The van der Waals surface area contributed by atoms with Crippen LogP contribution in [0.25, 0.3) is 0 Å². The molecule has 3 aromatic rings. The molecule has 0 aliphatic heterocycles. The number of thioether (sulfide) groups is 1. The van der Waals surface area contributed by atoms with Gasteiger partial charge in [0.25, 0.3) is 0 Å². The number of carbonyl (C=O) groups is 1. The van der Waals surface area contributed by atoms with Gasteiger partial charge in [-0.05, 0) is 71.7 Å². The van der Waals surface area contributed by atoms with Crippen molar-refractivity contribution in [2.45, 2.75) is 24.5 Å². The maximum atomic E-state index is 11.6. The normalized spacial score (nSPS) is 11.8. The molecule has 0 heterocycles. The van der Waals surface area contributed by atoms with Crippen molar-refractivity contribution >= 4 is 27.8 Å². The number of rotatable bonds is 13. The number of aryl methyl sites for hydroxylation is 1. The second kappa shape index (κ2) is 14.5.